The van der Waals surface area contributed by atoms with Crippen molar-refractivity contribution in [3.05, 3.63) is 45.1 Å². The summed E-state index contributed by atoms with van der Waals surface area (Å²) < 4.78 is 2.97. The molecule has 0 spiro atoms. The van der Waals surface area contributed by atoms with Gasteiger partial charge in [-0.05, 0) is 44.0 Å². The van der Waals surface area contributed by atoms with Gasteiger partial charge in [-0.2, -0.15) is 5.26 Å². The summed E-state index contributed by atoms with van der Waals surface area (Å²) in [6.07, 6.45) is 0. The van der Waals surface area contributed by atoms with Crippen molar-refractivity contribution >= 4 is 21.7 Å². The number of rotatable bonds is 1. The quantitative estimate of drug-likeness (QED) is 0.875. The number of benzene rings is 1. The Morgan fingerprint density at radius 3 is 2.44 bits per heavy atom. The maximum absolute atomic E-state index is 9.16. The minimum absolute atomic E-state index is 0.508. The molecule has 0 radical (unpaired) electrons. The highest BCUT2D eigenvalue weighted by Crippen LogP contribution is 2.31. The SMILES string of the molecule is Cc1c(Br)cccc1-n1c(C)c(C)c(C#N)c1N. The molecule has 0 aliphatic heterocycles. The first-order valence-electron chi connectivity index (χ1n) is 5.62. The third kappa shape index (κ3) is 1.72. The Morgan fingerprint density at radius 1 is 1.22 bits per heavy atom. The summed E-state index contributed by atoms with van der Waals surface area (Å²) in [6, 6.07) is 8.13. The maximum Gasteiger partial charge on any atom is 0.126 e. The molecule has 0 bridgehead atoms. The molecule has 3 nitrogen and oxygen atoms in total. The molecule has 18 heavy (non-hydrogen) atoms. The van der Waals surface area contributed by atoms with Gasteiger partial charge in [0.15, 0.2) is 0 Å². The molecule has 0 saturated heterocycles. The molecular formula is C14H14BrN3. The van der Waals surface area contributed by atoms with Gasteiger partial charge in [0.2, 0.25) is 0 Å². The maximum atomic E-state index is 9.16. The first kappa shape index (κ1) is 12.7. The van der Waals surface area contributed by atoms with Gasteiger partial charge in [0.1, 0.15) is 11.9 Å². The first-order chi connectivity index (χ1) is 8.49. The molecule has 1 aromatic heterocycles. The van der Waals surface area contributed by atoms with Crippen molar-refractivity contribution in [1.29, 1.82) is 5.26 Å². The average Bonchev–Trinajstić information content (AvgIpc) is 2.55. The van der Waals surface area contributed by atoms with Crippen molar-refractivity contribution in [2.45, 2.75) is 20.8 Å². The lowest BCUT2D eigenvalue weighted by molar-refractivity contribution is 1.00. The fourth-order valence-electron chi connectivity index (χ4n) is 2.12. The average molecular weight is 304 g/mol. The highest BCUT2D eigenvalue weighted by atomic mass is 79.9. The summed E-state index contributed by atoms with van der Waals surface area (Å²) in [7, 11) is 0. The third-order valence-corrected chi connectivity index (χ3v) is 4.20. The molecule has 0 atom stereocenters. The molecule has 0 aliphatic carbocycles. The van der Waals surface area contributed by atoms with Crippen LogP contribution in [0.25, 0.3) is 5.69 Å². The Hall–Kier alpha value is -1.73. The second-order valence-electron chi connectivity index (χ2n) is 4.30. The minimum Gasteiger partial charge on any atom is -0.384 e. The fourth-order valence-corrected chi connectivity index (χ4v) is 2.48. The number of hydrogen-bond donors (Lipinski definition) is 1. The number of nitrogen functional groups attached to an aromatic ring is 1. The number of anilines is 1. The van der Waals surface area contributed by atoms with E-state index >= 15 is 0 Å². The molecule has 0 amide bonds. The molecule has 4 heteroatoms. The molecule has 0 aliphatic rings. The van der Waals surface area contributed by atoms with E-state index in [9.17, 15) is 0 Å². The number of nitrogens with zero attached hydrogens (tertiary/aromatic N) is 2. The smallest absolute Gasteiger partial charge is 0.126 e. The van der Waals surface area contributed by atoms with Crippen molar-refractivity contribution in [3.8, 4) is 11.8 Å². The zero-order valence-corrected chi connectivity index (χ0v) is 12.2. The van der Waals surface area contributed by atoms with Crippen molar-refractivity contribution < 1.29 is 0 Å². The Balaban J connectivity index is 2.81. The topological polar surface area (TPSA) is 54.7 Å². The lowest BCUT2D eigenvalue weighted by Gasteiger charge is -2.13. The van der Waals surface area contributed by atoms with E-state index in [2.05, 4.69) is 22.0 Å². The number of hydrogen-bond acceptors (Lipinski definition) is 2. The normalized spacial score (nSPS) is 10.4. The molecule has 2 N–H and O–H groups in total. The molecule has 92 valence electrons. The van der Waals surface area contributed by atoms with E-state index in [-0.39, 0.29) is 0 Å². The van der Waals surface area contributed by atoms with Gasteiger partial charge in [0.25, 0.3) is 0 Å². The van der Waals surface area contributed by atoms with Crippen LogP contribution in [-0.2, 0) is 0 Å². The van der Waals surface area contributed by atoms with Crippen LogP contribution in [0.5, 0.6) is 0 Å². The molecule has 0 saturated carbocycles. The van der Waals surface area contributed by atoms with Gasteiger partial charge < -0.3 is 5.73 Å². The predicted molar refractivity (Wildman–Crippen MR) is 76.8 cm³/mol. The van der Waals surface area contributed by atoms with Crippen LogP contribution in [0.4, 0.5) is 5.82 Å². The molecule has 2 rings (SSSR count). The molecule has 1 heterocycles. The predicted octanol–water partition coefficient (Wildman–Crippen LogP) is 3.62. The summed E-state index contributed by atoms with van der Waals surface area (Å²) in [6.45, 7) is 5.93. The van der Waals surface area contributed by atoms with Crippen LogP contribution in [0.1, 0.15) is 22.4 Å². The molecule has 2 aromatic rings. The van der Waals surface area contributed by atoms with Crippen molar-refractivity contribution in [2.75, 3.05) is 5.73 Å². The lowest BCUT2D eigenvalue weighted by Crippen LogP contribution is -2.04. The van der Waals surface area contributed by atoms with Gasteiger partial charge in [0.05, 0.1) is 11.3 Å². The second kappa shape index (κ2) is 4.51. The highest BCUT2D eigenvalue weighted by Gasteiger charge is 2.17. The van der Waals surface area contributed by atoms with E-state index in [0.717, 1.165) is 27.0 Å². The van der Waals surface area contributed by atoms with Gasteiger partial charge in [-0.3, -0.25) is 4.57 Å². The van der Waals surface area contributed by atoms with Gasteiger partial charge >= 0.3 is 0 Å². The van der Waals surface area contributed by atoms with E-state index in [1.54, 1.807) is 0 Å². The lowest BCUT2D eigenvalue weighted by atomic mass is 10.2. The van der Waals surface area contributed by atoms with E-state index in [1.807, 2.05) is 43.5 Å². The van der Waals surface area contributed by atoms with Crippen LogP contribution < -0.4 is 5.73 Å². The number of nitriles is 1. The third-order valence-electron chi connectivity index (χ3n) is 3.34. The van der Waals surface area contributed by atoms with Crippen LogP contribution >= 0.6 is 15.9 Å². The standard InChI is InChI=1S/C14H14BrN3/c1-8-10(3)18(14(17)11(8)7-16)13-6-4-5-12(15)9(13)2/h4-6H,17H2,1-3H3. The largest absolute Gasteiger partial charge is 0.384 e. The summed E-state index contributed by atoms with van der Waals surface area (Å²) in [5, 5.41) is 9.16. The van der Waals surface area contributed by atoms with Crippen LogP contribution in [0.3, 0.4) is 0 Å². The van der Waals surface area contributed by atoms with Crippen LogP contribution in [0.15, 0.2) is 22.7 Å². The van der Waals surface area contributed by atoms with Gasteiger partial charge in [-0.25, -0.2) is 0 Å². The summed E-state index contributed by atoms with van der Waals surface area (Å²) in [4.78, 5) is 0. The van der Waals surface area contributed by atoms with Crippen molar-refractivity contribution in [2.24, 2.45) is 0 Å². The Bertz CT molecular complexity index is 663. The fraction of sp³-hybridized carbons (Fsp3) is 0.214. The van der Waals surface area contributed by atoms with Crippen LogP contribution in [0, 0.1) is 32.1 Å². The van der Waals surface area contributed by atoms with Crippen LogP contribution in [0.2, 0.25) is 0 Å². The summed E-state index contributed by atoms with van der Waals surface area (Å²) in [5.74, 6) is 0.508. The molecule has 0 fully saturated rings. The zero-order chi connectivity index (χ0) is 13.4. The molecule has 1 aromatic carbocycles. The van der Waals surface area contributed by atoms with Crippen molar-refractivity contribution in [1.82, 2.24) is 4.57 Å². The Labute approximate surface area is 115 Å². The molecule has 0 unspecified atom stereocenters. The second-order valence-corrected chi connectivity index (χ2v) is 5.16. The number of nitrogens with two attached hydrogens (primary N) is 1. The van der Waals surface area contributed by atoms with Gasteiger partial charge in [-0.1, -0.05) is 22.0 Å². The Kier molecular flexibility index (Phi) is 3.18. The van der Waals surface area contributed by atoms with E-state index in [4.69, 9.17) is 11.0 Å². The van der Waals surface area contributed by atoms with Gasteiger partial charge in [-0.15, -0.1) is 0 Å². The first-order valence-corrected chi connectivity index (χ1v) is 6.41. The van der Waals surface area contributed by atoms with Crippen molar-refractivity contribution in [3.63, 3.8) is 0 Å². The molecular weight excluding hydrogens is 290 g/mol. The Morgan fingerprint density at radius 2 is 1.89 bits per heavy atom. The monoisotopic (exact) mass is 303 g/mol. The van der Waals surface area contributed by atoms with Crippen LogP contribution in [-0.4, -0.2) is 4.57 Å². The van der Waals surface area contributed by atoms with E-state index in [0.29, 0.717) is 11.4 Å². The summed E-state index contributed by atoms with van der Waals surface area (Å²) >= 11 is 3.52. The minimum atomic E-state index is 0.508. The number of halogens is 1. The van der Waals surface area contributed by atoms with Gasteiger partial charge in [0, 0.05) is 10.2 Å². The van der Waals surface area contributed by atoms with E-state index in [1.165, 1.54) is 0 Å². The summed E-state index contributed by atoms with van der Waals surface area (Å²) in [5.41, 5.74) is 10.7. The van der Waals surface area contributed by atoms with E-state index < -0.39 is 0 Å². The zero-order valence-electron chi connectivity index (χ0n) is 10.6. The highest BCUT2D eigenvalue weighted by molar-refractivity contribution is 9.10. The number of aromatic nitrogens is 1.